The van der Waals surface area contributed by atoms with Crippen LogP contribution in [0.3, 0.4) is 0 Å². The molecule has 2 aromatic rings. The van der Waals surface area contributed by atoms with E-state index in [1.165, 1.54) is 0 Å². The molecule has 1 aliphatic heterocycles. The second-order valence-electron chi connectivity index (χ2n) is 5.35. The highest BCUT2D eigenvalue weighted by Crippen LogP contribution is 2.32. The maximum atomic E-state index is 8.79. The number of anilines is 1. The molecule has 0 atom stereocenters. The minimum Gasteiger partial charge on any atom is -0.490 e. The summed E-state index contributed by atoms with van der Waals surface area (Å²) in [5.74, 6) is 1.76. The number of hydrogen-bond acceptors (Lipinski definition) is 4. The molecular weight excluding hydrogens is 304 g/mol. The summed E-state index contributed by atoms with van der Waals surface area (Å²) in [5, 5.41) is 11.8. The third kappa shape index (κ3) is 3.96. The largest absolute Gasteiger partial charge is 0.490 e. The third-order valence-corrected chi connectivity index (χ3v) is 3.53. The fraction of sp³-hybridized carbons (Fsp3) is 0.222. The highest BCUT2D eigenvalue weighted by molar-refractivity contribution is 5.92. The minimum atomic E-state index is 0.314. The Bertz CT molecular complexity index is 779. The van der Waals surface area contributed by atoms with Gasteiger partial charge in [-0.2, -0.15) is 5.26 Å². The SMILES string of the molecule is N#Cc1ccc(CN=C(N)Nc2ccc3c(c2)OCCCO3)cc1. The van der Waals surface area contributed by atoms with E-state index in [0.717, 1.165) is 23.4 Å². The number of nitrogens with two attached hydrogens (primary N) is 1. The number of ether oxygens (including phenoxy) is 2. The van der Waals surface area contributed by atoms with Crippen molar-refractivity contribution in [1.29, 1.82) is 5.26 Å². The molecule has 0 aliphatic carbocycles. The number of guanidine groups is 1. The molecule has 122 valence electrons. The summed E-state index contributed by atoms with van der Waals surface area (Å²) in [6.45, 7) is 1.74. The average Bonchev–Trinajstić information content (AvgIpc) is 2.85. The predicted octanol–water partition coefficient (Wildman–Crippen LogP) is 2.65. The van der Waals surface area contributed by atoms with Crippen molar-refractivity contribution in [2.24, 2.45) is 10.7 Å². The number of aliphatic imine (C=N–C) groups is 1. The first kappa shape index (κ1) is 15.7. The van der Waals surface area contributed by atoms with Gasteiger partial charge < -0.3 is 20.5 Å². The first-order valence-corrected chi connectivity index (χ1v) is 7.70. The lowest BCUT2D eigenvalue weighted by Crippen LogP contribution is -2.22. The Morgan fingerprint density at radius 2 is 1.88 bits per heavy atom. The van der Waals surface area contributed by atoms with Crippen molar-refractivity contribution in [3.8, 4) is 17.6 Å². The van der Waals surface area contributed by atoms with E-state index in [1.54, 1.807) is 12.1 Å². The fourth-order valence-corrected chi connectivity index (χ4v) is 2.29. The summed E-state index contributed by atoms with van der Waals surface area (Å²) < 4.78 is 11.2. The van der Waals surface area contributed by atoms with Crippen molar-refractivity contribution in [2.45, 2.75) is 13.0 Å². The number of hydrogen-bond donors (Lipinski definition) is 2. The number of fused-ring (bicyclic) bond motifs is 1. The Morgan fingerprint density at radius 3 is 2.62 bits per heavy atom. The molecule has 1 heterocycles. The third-order valence-electron chi connectivity index (χ3n) is 3.53. The van der Waals surface area contributed by atoms with Crippen LogP contribution >= 0.6 is 0 Å². The Kier molecular flexibility index (Phi) is 4.82. The fourth-order valence-electron chi connectivity index (χ4n) is 2.29. The van der Waals surface area contributed by atoms with Gasteiger partial charge in [-0.3, -0.25) is 0 Å². The Labute approximate surface area is 140 Å². The van der Waals surface area contributed by atoms with Gasteiger partial charge in [0.05, 0.1) is 31.4 Å². The number of benzene rings is 2. The monoisotopic (exact) mass is 322 g/mol. The summed E-state index contributed by atoms with van der Waals surface area (Å²) >= 11 is 0. The van der Waals surface area contributed by atoms with Crippen LogP contribution in [0.25, 0.3) is 0 Å². The molecule has 2 aromatic carbocycles. The lowest BCUT2D eigenvalue weighted by atomic mass is 10.1. The van der Waals surface area contributed by atoms with Gasteiger partial charge in [0.2, 0.25) is 0 Å². The van der Waals surface area contributed by atoms with Gasteiger partial charge >= 0.3 is 0 Å². The Balaban J connectivity index is 1.64. The normalized spacial score (nSPS) is 13.7. The second-order valence-corrected chi connectivity index (χ2v) is 5.35. The van der Waals surface area contributed by atoms with Crippen LogP contribution in [0.15, 0.2) is 47.5 Å². The molecule has 0 saturated heterocycles. The van der Waals surface area contributed by atoms with E-state index in [2.05, 4.69) is 16.4 Å². The molecule has 0 bridgehead atoms. The van der Waals surface area contributed by atoms with Gasteiger partial charge in [0.1, 0.15) is 0 Å². The molecule has 0 amide bonds. The molecule has 0 radical (unpaired) electrons. The van der Waals surface area contributed by atoms with Crippen molar-refractivity contribution in [2.75, 3.05) is 18.5 Å². The Morgan fingerprint density at radius 1 is 1.12 bits per heavy atom. The molecule has 0 unspecified atom stereocenters. The molecular formula is C18H18N4O2. The van der Waals surface area contributed by atoms with Crippen LogP contribution in [0.1, 0.15) is 17.5 Å². The van der Waals surface area contributed by atoms with E-state index >= 15 is 0 Å². The maximum Gasteiger partial charge on any atom is 0.193 e. The zero-order valence-corrected chi connectivity index (χ0v) is 13.2. The quantitative estimate of drug-likeness (QED) is 0.669. The van der Waals surface area contributed by atoms with Gasteiger partial charge in [0.15, 0.2) is 17.5 Å². The molecule has 6 heteroatoms. The van der Waals surface area contributed by atoms with Crippen molar-refractivity contribution < 1.29 is 9.47 Å². The minimum absolute atomic E-state index is 0.314. The van der Waals surface area contributed by atoms with Crippen molar-refractivity contribution in [3.05, 3.63) is 53.6 Å². The summed E-state index contributed by atoms with van der Waals surface area (Å²) in [7, 11) is 0. The number of nitriles is 1. The molecule has 0 fully saturated rings. The summed E-state index contributed by atoms with van der Waals surface area (Å²) in [5.41, 5.74) is 8.33. The molecule has 0 spiro atoms. The summed E-state index contributed by atoms with van der Waals surface area (Å²) in [4.78, 5) is 4.30. The van der Waals surface area contributed by atoms with E-state index in [1.807, 2.05) is 30.3 Å². The van der Waals surface area contributed by atoms with E-state index < -0.39 is 0 Å². The van der Waals surface area contributed by atoms with Crippen LogP contribution in [0, 0.1) is 11.3 Å². The standard InChI is InChI=1S/C18H18N4O2/c19-11-13-2-4-14(5-3-13)12-21-18(20)22-15-6-7-16-17(10-15)24-9-1-8-23-16/h2-7,10H,1,8-9,12H2,(H3,20,21,22). The average molecular weight is 322 g/mol. The zero-order valence-electron chi connectivity index (χ0n) is 13.2. The Hall–Kier alpha value is -3.20. The molecule has 3 rings (SSSR count). The predicted molar refractivity (Wildman–Crippen MR) is 92.2 cm³/mol. The number of nitrogens with zero attached hydrogens (tertiary/aromatic N) is 2. The van der Waals surface area contributed by atoms with Gasteiger partial charge in [-0.15, -0.1) is 0 Å². The summed E-state index contributed by atoms with van der Waals surface area (Å²) in [6.07, 6.45) is 0.867. The number of rotatable bonds is 3. The first-order chi connectivity index (χ1) is 11.7. The van der Waals surface area contributed by atoms with E-state index in [4.69, 9.17) is 20.5 Å². The van der Waals surface area contributed by atoms with Crippen LogP contribution in [0.4, 0.5) is 5.69 Å². The molecule has 3 N–H and O–H groups in total. The van der Waals surface area contributed by atoms with Crippen molar-refractivity contribution in [1.82, 2.24) is 0 Å². The lowest BCUT2D eigenvalue weighted by molar-refractivity contribution is 0.297. The first-order valence-electron chi connectivity index (χ1n) is 7.70. The molecule has 0 aromatic heterocycles. The van der Waals surface area contributed by atoms with Crippen LogP contribution in [0.2, 0.25) is 0 Å². The topological polar surface area (TPSA) is 92.7 Å². The van der Waals surface area contributed by atoms with E-state index in [-0.39, 0.29) is 0 Å². The van der Waals surface area contributed by atoms with Gasteiger partial charge in [-0.1, -0.05) is 12.1 Å². The van der Waals surface area contributed by atoms with Gasteiger partial charge in [-0.05, 0) is 29.8 Å². The zero-order chi connectivity index (χ0) is 16.8. The maximum absolute atomic E-state index is 8.79. The van der Waals surface area contributed by atoms with Crippen LogP contribution in [-0.2, 0) is 6.54 Å². The van der Waals surface area contributed by atoms with Crippen LogP contribution in [-0.4, -0.2) is 19.2 Å². The van der Waals surface area contributed by atoms with Crippen LogP contribution in [0.5, 0.6) is 11.5 Å². The van der Waals surface area contributed by atoms with Gasteiger partial charge in [0, 0.05) is 18.2 Å². The molecule has 1 aliphatic rings. The van der Waals surface area contributed by atoms with Crippen LogP contribution < -0.4 is 20.5 Å². The molecule has 0 saturated carbocycles. The lowest BCUT2D eigenvalue weighted by Gasteiger charge is -2.10. The smallest absolute Gasteiger partial charge is 0.193 e. The number of nitrogens with one attached hydrogen (secondary N) is 1. The van der Waals surface area contributed by atoms with Gasteiger partial charge in [-0.25, -0.2) is 4.99 Å². The van der Waals surface area contributed by atoms with E-state index in [9.17, 15) is 0 Å². The second kappa shape index (κ2) is 7.38. The van der Waals surface area contributed by atoms with E-state index in [0.29, 0.717) is 37.0 Å². The molecule has 6 nitrogen and oxygen atoms in total. The summed E-state index contributed by atoms with van der Waals surface area (Å²) in [6, 6.07) is 14.9. The molecule has 24 heavy (non-hydrogen) atoms. The van der Waals surface area contributed by atoms with Crippen molar-refractivity contribution in [3.63, 3.8) is 0 Å². The van der Waals surface area contributed by atoms with Gasteiger partial charge in [0.25, 0.3) is 0 Å². The highest BCUT2D eigenvalue weighted by Gasteiger charge is 2.10. The highest BCUT2D eigenvalue weighted by atomic mass is 16.5. The van der Waals surface area contributed by atoms with Crippen molar-refractivity contribution >= 4 is 11.6 Å².